The Kier molecular flexibility index (Phi) is 8.60. The number of carbonyl (C=O) groups is 1. The van der Waals surface area contributed by atoms with Crippen LogP contribution in [0.5, 0.6) is 0 Å². The van der Waals surface area contributed by atoms with Gasteiger partial charge in [0.2, 0.25) is 0 Å². The van der Waals surface area contributed by atoms with Gasteiger partial charge in [-0.2, -0.15) is 13.2 Å². The third-order valence-electron chi connectivity index (χ3n) is 7.16. The molecule has 2 aromatic rings. The highest BCUT2D eigenvalue weighted by atomic mass is 35.5. The highest BCUT2D eigenvalue weighted by Gasteiger charge is 2.47. The highest BCUT2D eigenvalue weighted by Crippen LogP contribution is 2.41. The third kappa shape index (κ3) is 6.51. The molecule has 0 atom stereocenters. The summed E-state index contributed by atoms with van der Waals surface area (Å²) in [7, 11) is -3.21. The molecule has 38 heavy (non-hydrogen) atoms. The Labute approximate surface area is 224 Å². The van der Waals surface area contributed by atoms with Gasteiger partial charge in [0.25, 0.3) is 5.91 Å². The first-order chi connectivity index (χ1) is 17.4. The fourth-order valence-electron chi connectivity index (χ4n) is 4.55. The standard InChI is InChI=1S/C25H32ClF4N3O4S/c1-5-19-32-20(22(34)31-14-24(35)10-8-17(9-11-24)38(4,36)37)21(26)33(19)16-7-6-15(18(27)12-16)13-23(2,3)25(28,29)30/h6-7,12,17,35H,5,8-11,13-14H2,1-4H3,(H,31,34)/t17-,24+. The zero-order valence-electron chi connectivity index (χ0n) is 21.6. The van der Waals surface area contributed by atoms with E-state index >= 15 is 0 Å². The van der Waals surface area contributed by atoms with Crippen molar-refractivity contribution in [2.24, 2.45) is 5.41 Å². The molecule has 0 spiro atoms. The Morgan fingerprint density at radius 3 is 2.37 bits per heavy atom. The molecular formula is C25H32ClF4N3O4S. The largest absolute Gasteiger partial charge is 0.394 e. The maximum atomic E-state index is 14.9. The number of aromatic nitrogens is 2. The van der Waals surface area contributed by atoms with Gasteiger partial charge in [-0.25, -0.2) is 17.8 Å². The number of benzene rings is 1. The number of sulfone groups is 1. The second-order valence-corrected chi connectivity index (χ2v) is 13.3. The summed E-state index contributed by atoms with van der Waals surface area (Å²) in [5.74, 6) is -1.19. The number of aliphatic hydroxyl groups is 1. The average molecular weight is 582 g/mol. The van der Waals surface area contributed by atoms with E-state index in [2.05, 4.69) is 10.3 Å². The first kappa shape index (κ1) is 30.4. The molecule has 0 radical (unpaired) electrons. The molecule has 0 aliphatic heterocycles. The van der Waals surface area contributed by atoms with E-state index in [1.807, 2.05) is 0 Å². The maximum absolute atomic E-state index is 14.9. The fourth-order valence-corrected chi connectivity index (χ4v) is 5.96. The van der Waals surface area contributed by atoms with Gasteiger partial charge in [-0.05, 0) is 49.8 Å². The second-order valence-electron chi connectivity index (χ2n) is 10.6. The van der Waals surface area contributed by atoms with Crippen LogP contribution in [0.4, 0.5) is 17.6 Å². The van der Waals surface area contributed by atoms with Crippen LogP contribution in [0.3, 0.4) is 0 Å². The van der Waals surface area contributed by atoms with Gasteiger partial charge < -0.3 is 10.4 Å². The van der Waals surface area contributed by atoms with Gasteiger partial charge in [0.15, 0.2) is 5.69 Å². The molecule has 1 aromatic carbocycles. The number of halogens is 5. The average Bonchev–Trinajstić information content (AvgIpc) is 3.14. The van der Waals surface area contributed by atoms with Crippen LogP contribution >= 0.6 is 11.6 Å². The summed E-state index contributed by atoms with van der Waals surface area (Å²) >= 11 is 6.46. The molecule has 212 valence electrons. The quantitative estimate of drug-likeness (QED) is 0.436. The molecular weight excluding hydrogens is 550 g/mol. The van der Waals surface area contributed by atoms with Gasteiger partial charge in [-0.15, -0.1) is 0 Å². The van der Waals surface area contributed by atoms with Crippen molar-refractivity contribution in [3.8, 4) is 5.69 Å². The normalized spacial score (nSPS) is 20.9. The Morgan fingerprint density at radius 1 is 1.26 bits per heavy atom. The van der Waals surface area contributed by atoms with E-state index in [4.69, 9.17) is 11.6 Å². The van der Waals surface area contributed by atoms with Gasteiger partial charge in [-0.1, -0.05) is 38.4 Å². The van der Waals surface area contributed by atoms with Crippen LogP contribution in [-0.4, -0.2) is 58.8 Å². The number of aryl methyl sites for hydroxylation is 1. The molecule has 0 saturated heterocycles. The second kappa shape index (κ2) is 10.8. The van der Waals surface area contributed by atoms with E-state index in [0.717, 1.165) is 26.2 Å². The molecule has 1 amide bonds. The first-order valence-electron chi connectivity index (χ1n) is 12.2. The summed E-state index contributed by atoms with van der Waals surface area (Å²) < 4.78 is 79.5. The summed E-state index contributed by atoms with van der Waals surface area (Å²) in [4.78, 5) is 17.2. The molecule has 0 bridgehead atoms. The summed E-state index contributed by atoms with van der Waals surface area (Å²) in [6, 6.07) is 3.73. The summed E-state index contributed by atoms with van der Waals surface area (Å²) in [6.45, 7) is 3.61. The molecule has 13 heteroatoms. The highest BCUT2D eigenvalue weighted by molar-refractivity contribution is 7.91. The molecule has 1 heterocycles. The van der Waals surface area contributed by atoms with Crippen LogP contribution in [0.15, 0.2) is 18.2 Å². The number of amides is 1. The molecule has 7 nitrogen and oxygen atoms in total. The monoisotopic (exact) mass is 581 g/mol. The first-order valence-corrected chi connectivity index (χ1v) is 14.5. The minimum atomic E-state index is -4.51. The van der Waals surface area contributed by atoms with Gasteiger partial charge in [0.05, 0.1) is 22.0 Å². The Morgan fingerprint density at radius 2 is 1.87 bits per heavy atom. The van der Waals surface area contributed by atoms with Crippen molar-refractivity contribution >= 4 is 27.3 Å². The van der Waals surface area contributed by atoms with Crippen molar-refractivity contribution in [3.63, 3.8) is 0 Å². The van der Waals surface area contributed by atoms with Gasteiger partial charge in [0.1, 0.15) is 26.6 Å². The van der Waals surface area contributed by atoms with E-state index in [1.165, 1.54) is 16.7 Å². The lowest BCUT2D eigenvalue weighted by Gasteiger charge is -2.35. The molecule has 1 saturated carbocycles. The van der Waals surface area contributed by atoms with E-state index in [9.17, 15) is 35.9 Å². The number of alkyl halides is 3. The lowest BCUT2D eigenvalue weighted by Crippen LogP contribution is -2.47. The molecule has 1 fully saturated rings. The maximum Gasteiger partial charge on any atom is 0.394 e. The van der Waals surface area contributed by atoms with E-state index in [-0.39, 0.29) is 54.3 Å². The van der Waals surface area contributed by atoms with Gasteiger partial charge in [0, 0.05) is 19.2 Å². The Bertz CT molecular complexity index is 1300. The number of nitrogens with one attached hydrogen (secondary N) is 1. The van der Waals surface area contributed by atoms with E-state index < -0.39 is 50.4 Å². The molecule has 1 aliphatic carbocycles. The number of imidazole rings is 1. The zero-order chi connectivity index (χ0) is 28.7. The van der Waals surface area contributed by atoms with Crippen LogP contribution in [-0.2, 0) is 22.7 Å². The SMILES string of the molecule is CCc1nc(C(=O)NC[C@]2(O)CC[C@@H](S(C)(=O)=O)CC2)c(Cl)n1-c1ccc(CC(C)(C)C(F)(F)F)c(F)c1. The topological polar surface area (TPSA) is 101 Å². The number of hydrogen-bond donors (Lipinski definition) is 2. The van der Waals surface area contributed by atoms with E-state index in [0.29, 0.717) is 12.2 Å². The van der Waals surface area contributed by atoms with Crippen LogP contribution in [0.25, 0.3) is 5.69 Å². The van der Waals surface area contributed by atoms with Gasteiger partial charge in [-0.3, -0.25) is 9.36 Å². The predicted octanol–water partition coefficient (Wildman–Crippen LogP) is 4.81. The zero-order valence-corrected chi connectivity index (χ0v) is 23.2. The smallest absolute Gasteiger partial charge is 0.388 e. The molecule has 2 N–H and O–H groups in total. The predicted molar refractivity (Wildman–Crippen MR) is 136 cm³/mol. The Balaban J connectivity index is 1.79. The van der Waals surface area contributed by atoms with Crippen molar-refractivity contribution < 1.29 is 35.9 Å². The van der Waals surface area contributed by atoms with Crippen molar-refractivity contribution in [2.75, 3.05) is 12.8 Å². The lowest BCUT2D eigenvalue weighted by atomic mass is 9.84. The van der Waals surface area contributed by atoms with Crippen molar-refractivity contribution in [1.82, 2.24) is 14.9 Å². The third-order valence-corrected chi connectivity index (χ3v) is 9.19. The number of nitrogens with zero attached hydrogens (tertiary/aromatic N) is 2. The fraction of sp³-hybridized carbons (Fsp3) is 0.600. The summed E-state index contributed by atoms with van der Waals surface area (Å²) in [5.41, 5.74) is -3.47. The van der Waals surface area contributed by atoms with Crippen LogP contribution in [0.1, 0.15) is 68.3 Å². The molecule has 3 rings (SSSR count). The molecule has 1 aliphatic rings. The number of carbonyl (C=O) groups excluding carboxylic acids is 1. The number of rotatable bonds is 8. The van der Waals surface area contributed by atoms with Gasteiger partial charge >= 0.3 is 6.18 Å². The summed E-state index contributed by atoms with van der Waals surface area (Å²) in [6.07, 6.45) is -2.63. The van der Waals surface area contributed by atoms with Crippen LogP contribution in [0, 0.1) is 11.2 Å². The van der Waals surface area contributed by atoms with Crippen molar-refractivity contribution in [2.45, 2.75) is 76.3 Å². The van der Waals surface area contributed by atoms with Crippen LogP contribution < -0.4 is 5.32 Å². The van der Waals surface area contributed by atoms with Crippen LogP contribution in [0.2, 0.25) is 5.15 Å². The minimum absolute atomic E-state index is 0.109. The minimum Gasteiger partial charge on any atom is -0.388 e. The Hall–Kier alpha value is -2.18. The number of hydrogen-bond acceptors (Lipinski definition) is 5. The van der Waals surface area contributed by atoms with Crippen molar-refractivity contribution in [1.29, 1.82) is 0 Å². The molecule has 1 aromatic heterocycles. The van der Waals surface area contributed by atoms with Crippen molar-refractivity contribution in [3.05, 3.63) is 46.3 Å². The summed E-state index contributed by atoms with van der Waals surface area (Å²) in [5, 5.41) is 12.8. The van der Waals surface area contributed by atoms with E-state index in [1.54, 1.807) is 6.92 Å². The lowest BCUT2D eigenvalue weighted by molar-refractivity contribution is -0.211. The molecule has 0 unspecified atom stereocenters.